The number of anilines is 1. The number of aromatic nitrogens is 1. The van der Waals surface area contributed by atoms with Crippen molar-refractivity contribution in [2.75, 3.05) is 19.0 Å². The summed E-state index contributed by atoms with van der Waals surface area (Å²) in [6, 6.07) is 13.9. The Balaban J connectivity index is 1.73. The Morgan fingerprint density at radius 2 is 1.95 bits per heavy atom. The van der Waals surface area contributed by atoms with Crippen molar-refractivity contribution in [2.45, 2.75) is 44.8 Å². The van der Waals surface area contributed by atoms with E-state index in [0.717, 1.165) is 19.3 Å². The highest BCUT2D eigenvalue weighted by atomic mass is 35.5. The molecule has 9 heteroatoms. The summed E-state index contributed by atoms with van der Waals surface area (Å²) in [5.74, 6) is -0.156. The molecule has 1 aliphatic heterocycles. The molecule has 0 aliphatic carbocycles. The number of nitrogens with one attached hydrogen (secondary N) is 1. The summed E-state index contributed by atoms with van der Waals surface area (Å²) < 4.78 is 12.8. The van der Waals surface area contributed by atoms with E-state index in [0.29, 0.717) is 51.7 Å². The van der Waals surface area contributed by atoms with Crippen LogP contribution in [0.3, 0.4) is 0 Å². The number of ketones is 1. The Morgan fingerprint density at radius 3 is 2.58 bits per heavy atom. The number of benzene rings is 2. The minimum absolute atomic E-state index is 0.0757. The highest BCUT2D eigenvalue weighted by Gasteiger charge is 2.29. The lowest BCUT2D eigenvalue weighted by molar-refractivity contribution is -0.121. The first kappa shape index (κ1) is 27.1. The number of carbonyl (C=O) groups excluding carboxylic acids is 2. The van der Waals surface area contributed by atoms with Gasteiger partial charge < -0.3 is 14.8 Å². The molecule has 0 radical (unpaired) electrons. The second kappa shape index (κ2) is 12.1. The highest BCUT2D eigenvalue weighted by molar-refractivity contribution is 6.31. The van der Waals surface area contributed by atoms with E-state index in [2.05, 4.69) is 11.4 Å². The van der Waals surface area contributed by atoms with Crippen molar-refractivity contribution in [1.82, 2.24) is 4.57 Å². The molecule has 0 bridgehead atoms. The molecular weight excluding hydrogens is 506 g/mol. The summed E-state index contributed by atoms with van der Waals surface area (Å²) in [5, 5.41) is 12.9. The van der Waals surface area contributed by atoms with Gasteiger partial charge in [-0.3, -0.25) is 19.0 Å². The van der Waals surface area contributed by atoms with Crippen LogP contribution < -0.4 is 15.6 Å². The summed E-state index contributed by atoms with van der Waals surface area (Å²) in [5.41, 5.74) is 1.80. The fourth-order valence-corrected chi connectivity index (χ4v) is 4.76. The number of ether oxygens (including phenoxy) is 2. The van der Waals surface area contributed by atoms with Gasteiger partial charge in [0.15, 0.2) is 5.78 Å². The lowest BCUT2D eigenvalue weighted by Gasteiger charge is -2.28. The minimum Gasteiger partial charge on any atom is -0.495 e. The van der Waals surface area contributed by atoms with E-state index < -0.39 is 17.5 Å². The fourth-order valence-electron chi connectivity index (χ4n) is 4.59. The quantitative estimate of drug-likeness (QED) is 0.389. The molecule has 2 heterocycles. The maximum absolute atomic E-state index is 13.6. The lowest BCUT2D eigenvalue weighted by Crippen LogP contribution is -2.36. The molecule has 8 nitrogen and oxygen atoms in total. The topological polar surface area (TPSA) is 110 Å². The van der Waals surface area contributed by atoms with E-state index >= 15 is 0 Å². The van der Waals surface area contributed by atoms with Gasteiger partial charge in [-0.1, -0.05) is 11.6 Å². The molecule has 196 valence electrons. The molecule has 1 amide bonds. The number of nitrogens with zero attached hydrogens (tertiary/aromatic N) is 2. The van der Waals surface area contributed by atoms with Gasteiger partial charge in [-0.05, 0) is 68.7 Å². The predicted octanol–water partition coefficient (Wildman–Crippen LogP) is 5.39. The van der Waals surface area contributed by atoms with Crippen LogP contribution in [-0.2, 0) is 9.53 Å². The second-order valence-corrected chi connectivity index (χ2v) is 9.60. The summed E-state index contributed by atoms with van der Waals surface area (Å²) >= 11 is 6.18. The molecule has 1 aromatic heterocycles. The summed E-state index contributed by atoms with van der Waals surface area (Å²) in [7, 11) is 1.46. The number of Topliss-reactive ketones (excluding diaryl/α,β-unsaturated/α-hetero) is 1. The molecule has 2 unspecified atom stereocenters. The molecule has 0 spiro atoms. The van der Waals surface area contributed by atoms with Gasteiger partial charge in [0, 0.05) is 46.5 Å². The Morgan fingerprint density at radius 1 is 1.18 bits per heavy atom. The van der Waals surface area contributed by atoms with Crippen molar-refractivity contribution in [1.29, 1.82) is 5.26 Å². The first-order valence-electron chi connectivity index (χ1n) is 12.3. The van der Waals surface area contributed by atoms with Crippen LogP contribution in [-0.4, -0.2) is 36.1 Å². The SMILES string of the molecule is COc1cn(C(CC2CCCCO2)C(=O)Nc2ccc(C(C)=O)cc2)c(=O)cc1-c1cc(Cl)ccc1C#N. The Hall–Kier alpha value is -3.93. The Labute approximate surface area is 225 Å². The van der Waals surface area contributed by atoms with Crippen LogP contribution in [0.25, 0.3) is 11.1 Å². The number of methoxy groups -OCH3 is 1. The van der Waals surface area contributed by atoms with E-state index in [1.54, 1.807) is 42.5 Å². The van der Waals surface area contributed by atoms with Gasteiger partial charge in [0.1, 0.15) is 11.8 Å². The first-order chi connectivity index (χ1) is 18.3. The number of nitriles is 1. The second-order valence-electron chi connectivity index (χ2n) is 9.17. The fraction of sp³-hybridized carbons (Fsp3) is 0.310. The number of amides is 1. The Kier molecular flexibility index (Phi) is 8.62. The third-order valence-corrected chi connectivity index (χ3v) is 6.85. The van der Waals surface area contributed by atoms with E-state index in [1.165, 1.54) is 30.9 Å². The molecule has 4 rings (SSSR count). The number of carbonyl (C=O) groups is 2. The van der Waals surface area contributed by atoms with Crippen LogP contribution in [0, 0.1) is 11.3 Å². The zero-order chi connectivity index (χ0) is 27.2. The van der Waals surface area contributed by atoms with Gasteiger partial charge >= 0.3 is 0 Å². The van der Waals surface area contributed by atoms with Gasteiger partial charge in [0.05, 0.1) is 31.0 Å². The van der Waals surface area contributed by atoms with Crippen molar-refractivity contribution in [3.63, 3.8) is 0 Å². The van der Waals surface area contributed by atoms with Crippen LogP contribution in [0.1, 0.15) is 54.6 Å². The van der Waals surface area contributed by atoms with Crippen LogP contribution in [0.2, 0.25) is 5.02 Å². The molecule has 3 aromatic rings. The molecule has 1 aliphatic rings. The number of rotatable bonds is 8. The van der Waals surface area contributed by atoms with Crippen LogP contribution in [0.15, 0.2) is 59.5 Å². The average molecular weight is 534 g/mol. The highest BCUT2D eigenvalue weighted by Crippen LogP contribution is 2.34. The zero-order valence-electron chi connectivity index (χ0n) is 21.2. The van der Waals surface area contributed by atoms with Gasteiger partial charge in [-0.25, -0.2) is 0 Å². The standard InChI is InChI=1S/C29H28ClN3O5/c1-18(34)19-7-10-22(11-8-19)32-29(36)26(14-23-5-3-4-12-38-23)33-17-27(37-2)25(15-28(33)35)24-13-21(30)9-6-20(24)16-31/h6-11,13,15,17,23,26H,3-5,12,14H2,1-2H3,(H,32,36). The van der Waals surface area contributed by atoms with E-state index in [9.17, 15) is 19.6 Å². The van der Waals surface area contributed by atoms with Gasteiger partial charge in [0.2, 0.25) is 5.91 Å². The molecular formula is C29H28ClN3O5. The summed E-state index contributed by atoms with van der Waals surface area (Å²) in [6.07, 6.45) is 4.32. The van der Waals surface area contributed by atoms with Crippen molar-refractivity contribution in [2.24, 2.45) is 0 Å². The molecule has 1 fully saturated rings. The number of pyridine rings is 1. The normalized spacial score (nSPS) is 15.8. The van der Waals surface area contributed by atoms with Crippen molar-refractivity contribution >= 4 is 29.0 Å². The number of halogens is 1. The van der Waals surface area contributed by atoms with E-state index in [-0.39, 0.29) is 11.9 Å². The molecule has 1 N–H and O–H groups in total. The summed E-state index contributed by atoms with van der Waals surface area (Å²) in [4.78, 5) is 38.6. The summed E-state index contributed by atoms with van der Waals surface area (Å²) in [6.45, 7) is 2.08. The maximum Gasteiger partial charge on any atom is 0.252 e. The molecule has 2 atom stereocenters. The van der Waals surface area contributed by atoms with Crippen molar-refractivity contribution in [3.8, 4) is 22.9 Å². The lowest BCUT2D eigenvalue weighted by atomic mass is 9.99. The monoisotopic (exact) mass is 533 g/mol. The van der Waals surface area contributed by atoms with Gasteiger partial charge in [-0.2, -0.15) is 5.26 Å². The largest absolute Gasteiger partial charge is 0.495 e. The molecule has 1 saturated heterocycles. The van der Waals surface area contributed by atoms with Crippen LogP contribution in [0.4, 0.5) is 5.69 Å². The van der Waals surface area contributed by atoms with Gasteiger partial charge in [0.25, 0.3) is 5.56 Å². The smallest absolute Gasteiger partial charge is 0.252 e. The van der Waals surface area contributed by atoms with Crippen molar-refractivity contribution in [3.05, 3.63) is 81.2 Å². The third-order valence-electron chi connectivity index (χ3n) is 6.61. The molecule has 0 saturated carbocycles. The van der Waals surface area contributed by atoms with E-state index in [4.69, 9.17) is 21.1 Å². The average Bonchev–Trinajstić information content (AvgIpc) is 2.92. The third kappa shape index (κ3) is 6.13. The van der Waals surface area contributed by atoms with E-state index in [1.807, 2.05) is 0 Å². The van der Waals surface area contributed by atoms with Gasteiger partial charge in [-0.15, -0.1) is 0 Å². The maximum atomic E-state index is 13.6. The zero-order valence-corrected chi connectivity index (χ0v) is 22.0. The predicted molar refractivity (Wildman–Crippen MR) is 145 cm³/mol. The Bertz CT molecular complexity index is 1440. The molecule has 2 aromatic carbocycles. The molecule has 38 heavy (non-hydrogen) atoms. The first-order valence-corrected chi connectivity index (χ1v) is 12.7. The van der Waals surface area contributed by atoms with Crippen LogP contribution >= 0.6 is 11.6 Å². The number of hydrogen-bond acceptors (Lipinski definition) is 6. The van der Waals surface area contributed by atoms with Crippen LogP contribution in [0.5, 0.6) is 5.75 Å². The van der Waals surface area contributed by atoms with Crippen molar-refractivity contribution < 1.29 is 19.1 Å². The minimum atomic E-state index is -0.893. The number of hydrogen-bond donors (Lipinski definition) is 1.